The number of amides is 1. The zero-order valence-electron chi connectivity index (χ0n) is 18.6. The van der Waals surface area contributed by atoms with Gasteiger partial charge in [0, 0.05) is 25.7 Å². The fourth-order valence-corrected chi connectivity index (χ4v) is 3.73. The minimum Gasteiger partial charge on any atom is -0.494 e. The van der Waals surface area contributed by atoms with E-state index in [1.807, 2.05) is 0 Å². The van der Waals surface area contributed by atoms with Crippen LogP contribution in [0, 0.1) is 5.92 Å². The molecule has 34 heavy (non-hydrogen) atoms. The van der Waals surface area contributed by atoms with Crippen LogP contribution in [0.25, 0.3) is 0 Å². The lowest BCUT2D eigenvalue weighted by Crippen LogP contribution is -2.41. The van der Waals surface area contributed by atoms with Crippen molar-refractivity contribution in [2.75, 3.05) is 26.8 Å². The van der Waals surface area contributed by atoms with E-state index < -0.39 is 30.5 Å². The van der Waals surface area contributed by atoms with Crippen molar-refractivity contribution in [1.82, 2.24) is 9.63 Å². The number of hydrogen-bond acceptors (Lipinski definition) is 6. The number of carbonyl (C=O) groups excluding carboxylic acids is 2. The third-order valence-corrected chi connectivity index (χ3v) is 5.34. The van der Waals surface area contributed by atoms with Crippen LogP contribution < -0.4 is 10.2 Å². The Morgan fingerprint density at radius 1 is 1.24 bits per heavy atom. The van der Waals surface area contributed by atoms with Gasteiger partial charge in [0.25, 0.3) is 0 Å². The highest BCUT2D eigenvalue weighted by Gasteiger charge is 2.38. The molecule has 1 aliphatic heterocycles. The molecular formula is C23H26F3N3O5. The van der Waals surface area contributed by atoms with Crippen molar-refractivity contribution >= 4 is 11.9 Å². The SMILES string of the molecule is COC(=O)C[C@H]1Cc2ccc(OCCCN=c3ccccn3O)cc2CN(CC(F)(F)F)C1=O. The number of benzene rings is 1. The third-order valence-electron chi connectivity index (χ3n) is 5.34. The molecule has 1 aromatic heterocycles. The van der Waals surface area contributed by atoms with Crippen LogP contribution in [0.2, 0.25) is 0 Å². The van der Waals surface area contributed by atoms with E-state index >= 15 is 0 Å². The lowest BCUT2D eigenvalue weighted by Gasteiger charge is -2.25. The molecule has 0 spiro atoms. The van der Waals surface area contributed by atoms with Crippen LogP contribution in [-0.2, 0) is 27.3 Å². The lowest BCUT2D eigenvalue weighted by atomic mass is 9.94. The van der Waals surface area contributed by atoms with Gasteiger partial charge in [0.2, 0.25) is 5.91 Å². The highest BCUT2D eigenvalue weighted by atomic mass is 19.4. The first-order valence-electron chi connectivity index (χ1n) is 10.7. The summed E-state index contributed by atoms with van der Waals surface area (Å²) in [6, 6.07) is 10.1. The minimum atomic E-state index is -4.57. The molecule has 1 aromatic carbocycles. The lowest BCUT2D eigenvalue weighted by molar-refractivity contribution is -0.165. The largest absolute Gasteiger partial charge is 0.494 e. The van der Waals surface area contributed by atoms with Gasteiger partial charge in [-0.15, -0.1) is 0 Å². The van der Waals surface area contributed by atoms with E-state index in [1.54, 1.807) is 36.4 Å². The molecular weight excluding hydrogens is 455 g/mol. The average molecular weight is 481 g/mol. The van der Waals surface area contributed by atoms with E-state index in [0.717, 1.165) is 9.63 Å². The van der Waals surface area contributed by atoms with Crippen LogP contribution in [0.1, 0.15) is 24.0 Å². The first kappa shape index (κ1) is 25.1. The first-order chi connectivity index (χ1) is 16.2. The molecule has 1 N–H and O–H groups in total. The Hall–Kier alpha value is -3.50. The molecule has 0 saturated heterocycles. The summed E-state index contributed by atoms with van der Waals surface area (Å²) < 4.78 is 50.6. The van der Waals surface area contributed by atoms with E-state index in [2.05, 4.69) is 9.73 Å². The van der Waals surface area contributed by atoms with Crippen LogP contribution in [-0.4, -0.2) is 59.7 Å². The normalized spacial score (nSPS) is 16.7. The van der Waals surface area contributed by atoms with Gasteiger partial charge in [0.15, 0.2) is 5.49 Å². The van der Waals surface area contributed by atoms with Gasteiger partial charge in [-0.05, 0) is 41.8 Å². The smallest absolute Gasteiger partial charge is 0.406 e. The van der Waals surface area contributed by atoms with Gasteiger partial charge in [-0.2, -0.15) is 17.9 Å². The Bertz CT molecular complexity index is 1080. The number of esters is 1. The van der Waals surface area contributed by atoms with Crippen LogP contribution in [0.3, 0.4) is 0 Å². The highest BCUT2D eigenvalue weighted by Crippen LogP contribution is 2.30. The van der Waals surface area contributed by atoms with E-state index in [1.165, 1.54) is 13.3 Å². The molecule has 1 amide bonds. The Labute approximate surface area is 194 Å². The van der Waals surface area contributed by atoms with Gasteiger partial charge in [0.1, 0.15) is 12.3 Å². The van der Waals surface area contributed by atoms with Crippen LogP contribution in [0.5, 0.6) is 5.75 Å². The molecule has 11 heteroatoms. The molecule has 0 aliphatic carbocycles. The van der Waals surface area contributed by atoms with Crippen LogP contribution >= 0.6 is 0 Å². The topological polar surface area (TPSA) is 93.4 Å². The number of alkyl halides is 3. The summed E-state index contributed by atoms with van der Waals surface area (Å²) in [6.45, 7) is -0.933. The Morgan fingerprint density at radius 3 is 2.74 bits per heavy atom. The van der Waals surface area contributed by atoms with Gasteiger partial charge in [-0.25, -0.2) is 0 Å². The fraction of sp³-hybridized carbons (Fsp3) is 0.435. The molecule has 2 heterocycles. The van der Waals surface area contributed by atoms with Gasteiger partial charge >= 0.3 is 12.1 Å². The van der Waals surface area contributed by atoms with Crippen molar-refractivity contribution in [1.29, 1.82) is 0 Å². The molecule has 0 saturated carbocycles. The monoisotopic (exact) mass is 481 g/mol. The van der Waals surface area contributed by atoms with E-state index in [-0.39, 0.29) is 19.4 Å². The maximum absolute atomic E-state index is 13.1. The number of fused-ring (bicyclic) bond motifs is 1. The molecule has 8 nitrogen and oxygen atoms in total. The average Bonchev–Trinajstić information content (AvgIpc) is 2.90. The molecule has 0 unspecified atom stereocenters. The number of aromatic nitrogens is 1. The molecule has 0 bridgehead atoms. The third kappa shape index (κ3) is 7.00. The number of nitrogens with zero attached hydrogens (tertiary/aromatic N) is 3. The number of halogens is 3. The fourth-order valence-electron chi connectivity index (χ4n) is 3.73. The zero-order valence-corrected chi connectivity index (χ0v) is 18.6. The van der Waals surface area contributed by atoms with Crippen molar-refractivity contribution in [2.45, 2.75) is 32.0 Å². The van der Waals surface area contributed by atoms with E-state index in [9.17, 15) is 28.0 Å². The second-order valence-electron chi connectivity index (χ2n) is 7.91. The van der Waals surface area contributed by atoms with Crippen molar-refractivity contribution in [3.63, 3.8) is 0 Å². The molecule has 184 valence electrons. The van der Waals surface area contributed by atoms with Crippen molar-refractivity contribution < 1.29 is 37.4 Å². The summed E-state index contributed by atoms with van der Waals surface area (Å²) in [5, 5.41) is 9.64. The number of methoxy groups -OCH3 is 1. The molecule has 1 aliphatic rings. The summed E-state index contributed by atoms with van der Waals surface area (Å²) in [7, 11) is 1.17. The molecule has 1 atom stereocenters. The predicted octanol–water partition coefficient (Wildman–Crippen LogP) is 2.72. The van der Waals surface area contributed by atoms with Gasteiger partial charge in [-0.1, -0.05) is 12.1 Å². The van der Waals surface area contributed by atoms with Crippen molar-refractivity contribution in [3.8, 4) is 5.75 Å². The standard InChI is InChI=1S/C23H26F3N3O5/c1-33-21(30)13-17-11-16-6-7-19(12-18(16)14-28(22(17)31)15-23(24,25)26)34-10-4-8-27-20-5-2-3-9-29(20)32/h2-3,5-7,9,12,17,32H,4,8,10-11,13-15H2,1H3/t17-/m1/s1. The van der Waals surface area contributed by atoms with Crippen LogP contribution in [0.4, 0.5) is 13.2 Å². The Morgan fingerprint density at radius 2 is 2.03 bits per heavy atom. The summed E-state index contributed by atoms with van der Waals surface area (Å²) in [5.74, 6) is -1.86. The number of rotatable bonds is 8. The van der Waals surface area contributed by atoms with Gasteiger partial charge < -0.3 is 19.6 Å². The summed E-state index contributed by atoms with van der Waals surface area (Å²) >= 11 is 0. The summed E-state index contributed by atoms with van der Waals surface area (Å²) in [4.78, 5) is 29.5. The Kier molecular flexibility index (Phi) is 8.19. The molecule has 0 fully saturated rings. The maximum atomic E-state index is 13.1. The predicted molar refractivity (Wildman–Crippen MR) is 114 cm³/mol. The highest BCUT2D eigenvalue weighted by molar-refractivity contribution is 5.84. The first-order valence-corrected chi connectivity index (χ1v) is 10.7. The molecule has 3 rings (SSSR count). The second-order valence-corrected chi connectivity index (χ2v) is 7.91. The van der Waals surface area contributed by atoms with E-state index in [0.29, 0.717) is 41.9 Å². The maximum Gasteiger partial charge on any atom is 0.406 e. The second kappa shape index (κ2) is 11.1. The van der Waals surface area contributed by atoms with Crippen molar-refractivity contribution in [3.05, 3.63) is 59.2 Å². The minimum absolute atomic E-state index is 0.134. The van der Waals surface area contributed by atoms with E-state index in [4.69, 9.17) is 4.74 Å². The summed E-state index contributed by atoms with van der Waals surface area (Å²) in [6.07, 6.45) is -2.71. The quantitative estimate of drug-likeness (QED) is 0.356. The zero-order chi connectivity index (χ0) is 24.7. The van der Waals surface area contributed by atoms with Gasteiger partial charge in [0.05, 0.1) is 26.1 Å². The number of hydrogen-bond donors (Lipinski definition) is 1. The summed E-state index contributed by atoms with van der Waals surface area (Å²) in [5.41, 5.74) is 1.63. The number of pyridine rings is 1. The Balaban J connectivity index is 1.69. The van der Waals surface area contributed by atoms with Crippen molar-refractivity contribution in [2.24, 2.45) is 10.9 Å². The molecule has 0 radical (unpaired) electrons. The number of carbonyl (C=O) groups is 2. The van der Waals surface area contributed by atoms with Crippen LogP contribution in [0.15, 0.2) is 47.6 Å². The molecule has 2 aromatic rings. The number of ether oxygens (including phenoxy) is 2. The van der Waals surface area contributed by atoms with Gasteiger partial charge in [-0.3, -0.25) is 14.6 Å².